The van der Waals surface area contributed by atoms with Crippen molar-refractivity contribution in [2.75, 3.05) is 13.2 Å². The summed E-state index contributed by atoms with van der Waals surface area (Å²) in [6, 6.07) is 21.4. The number of aliphatic hydroxyl groups is 1. The van der Waals surface area contributed by atoms with Crippen LogP contribution in [0.25, 0.3) is 11.1 Å². The summed E-state index contributed by atoms with van der Waals surface area (Å²) in [5.74, 6) is 0.00692. The molecule has 2 aliphatic rings. The largest absolute Gasteiger partial charge is 0.389 e. The van der Waals surface area contributed by atoms with Gasteiger partial charge in [-0.3, -0.25) is 9.78 Å². The van der Waals surface area contributed by atoms with Crippen molar-refractivity contribution in [3.05, 3.63) is 90.3 Å². The van der Waals surface area contributed by atoms with Crippen molar-refractivity contribution in [2.24, 2.45) is 0 Å². The van der Waals surface area contributed by atoms with Crippen LogP contribution in [-0.2, 0) is 11.2 Å². The lowest BCUT2D eigenvalue weighted by atomic mass is 9.77. The highest BCUT2D eigenvalue weighted by Crippen LogP contribution is 2.38. The molecule has 1 aromatic heterocycles. The summed E-state index contributed by atoms with van der Waals surface area (Å²) in [5, 5.41) is 11.4. The molecule has 2 fully saturated rings. The number of hydrogen-bond acceptors (Lipinski definition) is 4. The molecule has 0 radical (unpaired) electrons. The maximum atomic E-state index is 13.7. The average Bonchev–Trinajstić information content (AvgIpc) is 2.79. The van der Waals surface area contributed by atoms with Crippen molar-refractivity contribution < 1.29 is 14.6 Å². The Hall–Kier alpha value is -3.02. The Morgan fingerprint density at radius 3 is 2.32 bits per heavy atom. The number of nitrogens with zero attached hydrogens (tertiary/aromatic N) is 2. The smallest absolute Gasteiger partial charge is 0.255 e. The van der Waals surface area contributed by atoms with Crippen LogP contribution in [0.1, 0.15) is 28.8 Å². The maximum Gasteiger partial charge on any atom is 0.255 e. The SMILES string of the molecule is O=C(c1ccccc1-c1ccncc1)N1[C@@H]2COC[C@H]1CC(O)(Cc1ccccc1)C2. The van der Waals surface area contributed by atoms with E-state index in [-0.39, 0.29) is 18.0 Å². The molecule has 2 bridgehead atoms. The van der Waals surface area contributed by atoms with E-state index in [0.29, 0.717) is 38.0 Å². The second kappa shape index (κ2) is 8.25. The average molecular weight is 415 g/mol. The number of hydrogen-bond donors (Lipinski definition) is 1. The topological polar surface area (TPSA) is 62.7 Å². The Kier molecular flexibility index (Phi) is 5.30. The van der Waals surface area contributed by atoms with Gasteiger partial charge in [0, 0.05) is 24.4 Å². The number of morpholine rings is 1. The molecule has 1 N–H and O–H groups in total. The summed E-state index contributed by atoms with van der Waals surface area (Å²) in [6.07, 6.45) is 5.10. The molecule has 0 saturated carbocycles. The van der Waals surface area contributed by atoms with Gasteiger partial charge in [0.15, 0.2) is 0 Å². The van der Waals surface area contributed by atoms with Crippen LogP contribution in [0.5, 0.6) is 0 Å². The van der Waals surface area contributed by atoms with Gasteiger partial charge in [-0.25, -0.2) is 0 Å². The Labute approximate surface area is 182 Å². The van der Waals surface area contributed by atoms with E-state index < -0.39 is 5.60 Å². The number of aromatic nitrogens is 1. The third kappa shape index (κ3) is 3.99. The van der Waals surface area contributed by atoms with Crippen LogP contribution in [0.15, 0.2) is 79.1 Å². The molecule has 5 rings (SSSR count). The second-order valence-electron chi connectivity index (χ2n) is 8.63. The van der Waals surface area contributed by atoms with Gasteiger partial charge in [0.25, 0.3) is 5.91 Å². The van der Waals surface area contributed by atoms with Gasteiger partial charge in [0.2, 0.25) is 0 Å². The van der Waals surface area contributed by atoms with Crippen molar-refractivity contribution in [1.29, 1.82) is 0 Å². The number of carbonyl (C=O) groups excluding carboxylic acids is 1. The highest BCUT2D eigenvalue weighted by molar-refractivity contribution is 6.01. The van der Waals surface area contributed by atoms with Gasteiger partial charge in [0.1, 0.15) is 0 Å². The monoisotopic (exact) mass is 414 g/mol. The predicted molar refractivity (Wildman–Crippen MR) is 119 cm³/mol. The van der Waals surface area contributed by atoms with Crippen molar-refractivity contribution in [1.82, 2.24) is 9.88 Å². The minimum absolute atomic E-state index is 0.00692. The lowest BCUT2D eigenvalue weighted by molar-refractivity contribution is -0.126. The summed E-state index contributed by atoms with van der Waals surface area (Å²) >= 11 is 0. The molecule has 3 atom stereocenters. The fourth-order valence-electron chi connectivity index (χ4n) is 5.12. The molecular formula is C26H26N2O3. The molecule has 158 valence electrons. The van der Waals surface area contributed by atoms with E-state index in [1.54, 1.807) is 12.4 Å². The van der Waals surface area contributed by atoms with Gasteiger partial charge in [-0.15, -0.1) is 0 Å². The number of fused-ring (bicyclic) bond motifs is 2. The fraction of sp³-hybridized carbons (Fsp3) is 0.308. The van der Waals surface area contributed by atoms with E-state index in [0.717, 1.165) is 16.7 Å². The van der Waals surface area contributed by atoms with Crippen LogP contribution in [-0.4, -0.2) is 51.8 Å². The molecule has 1 amide bonds. The van der Waals surface area contributed by atoms with Crippen LogP contribution < -0.4 is 0 Å². The zero-order chi connectivity index (χ0) is 21.3. The van der Waals surface area contributed by atoms with Crippen molar-refractivity contribution >= 4 is 5.91 Å². The molecule has 2 aromatic carbocycles. The Morgan fingerprint density at radius 1 is 0.968 bits per heavy atom. The van der Waals surface area contributed by atoms with Gasteiger partial charge in [-0.05, 0) is 47.7 Å². The van der Waals surface area contributed by atoms with E-state index in [1.165, 1.54) is 0 Å². The summed E-state index contributed by atoms with van der Waals surface area (Å²) in [4.78, 5) is 19.8. The van der Waals surface area contributed by atoms with Crippen LogP contribution in [0, 0.1) is 0 Å². The maximum absolute atomic E-state index is 13.7. The van der Waals surface area contributed by atoms with Crippen LogP contribution in [0.4, 0.5) is 0 Å². The molecule has 3 aromatic rings. The molecule has 2 aliphatic heterocycles. The number of pyridine rings is 1. The van der Waals surface area contributed by atoms with Crippen molar-refractivity contribution in [3.63, 3.8) is 0 Å². The van der Waals surface area contributed by atoms with E-state index in [4.69, 9.17) is 4.74 Å². The minimum Gasteiger partial charge on any atom is -0.389 e. The quantitative estimate of drug-likeness (QED) is 0.707. The van der Waals surface area contributed by atoms with Crippen LogP contribution >= 0.6 is 0 Å². The second-order valence-corrected chi connectivity index (χ2v) is 8.63. The first-order valence-corrected chi connectivity index (χ1v) is 10.8. The van der Waals surface area contributed by atoms with E-state index in [1.807, 2.05) is 71.6 Å². The fourth-order valence-corrected chi connectivity index (χ4v) is 5.12. The van der Waals surface area contributed by atoms with Gasteiger partial charge in [-0.2, -0.15) is 0 Å². The van der Waals surface area contributed by atoms with Crippen molar-refractivity contribution in [3.8, 4) is 11.1 Å². The summed E-state index contributed by atoms with van der Waals surface area (Å²) in [6.45, 7) is 0.910. The first kappa shape index (κ1) is 19.9. The molecule has 1 unspecified atom stereocenters. The minimum atomic E-state index is -0.831. The van der Waals surface area contributed by atoms with E-state index in [2.05, 4.69) is 4.98 Å². The number of rotatable bonds is 4. The van der Waals surface area contributed by atoms with E-state index in [9.17, 15) is 9.90 Å². The van der Waals surface area contributed by atoms with Crippen molar-refractivity contribution in [2.45, 2.75) is 36.9 Å². The summed E-state index contributed by atoms with van der Waals surface area (Å²) < 4.78 is 5.80. The molecular weight excluding hydrogens is 388 g/mol. The number of piperidine rings is 1. The number of carbonyl (C=O) groups is 1. The van der Waals surface area contributed by atoms with E-state index >= 15 is 0 Å². The van der Waals surface area contributed by atoms with Gasteiger partial charge in [-0.1, -0.05) is 48.5 Å². The predicted octanol–water partition coefficient (Wildman–Crippen LogP) is 3.73. The van der Waals surface area contributed by atoms with Gasteiger partial charge < -0.3 is 14.7 Å². The Balaban J connectivity index is 1.43. The van der Waals surface area contributed by atoms with Crippen LogP contribution in [0.2, 0.25) is 0 Å². The third-order valence-corrected chi connectivity index (χ3v) is 6.40. The molecule has 0 aliphatic carbocycles. The number of amides is 1. The summed E-state index contributed by atoms with van der Waals surface area (Å²) in [5.41, 5.74) is 2.84. The lowest BCUT2D eigenvalue weighted by Gasteiger charge is -2.51. The zero-order valence-electron chi connectivity index (χ0n) is 17.4. The lowest BCUT2D eigenvalue weighted by Crippen LogP contribution is -2.63. The third-order valence-electron chi connectivity index (χ3n) is 6.40. The Morgan fingerprint density at radius 2 is 1.61 bits per heavy atom. The normalized spacial score (nSPS) is 25.3. The summed E-state index contributed by atoms with van der Waals surface area (Å²) in [7, 11) is 0. The Bertz CT molecular complexity index is 1040. The highest BCUT2D eigenvalue weighted by Gasteiger charge is 2.48. The molecule has 3 heterocycles. The number of benzene rings is 2. The molecule has 5 heteroatoms. The molecule has 0 spiro atoms. The molecule has 5 nitrogen and oxygen atoms in total. The number of ether oxygens (including phenoxy) is 1. The first-order chi connectivity index (χ1) is 15.1. The van der Waals surface area contributed by atoms with Gasteiger partial charge in [0.05, 0.1) is 30.9 Å². The van der Waals surface area contributed by atoms with Crippen LogP contribution in [0.3, 0.4) is 0 Å². The molecule has 2 saturated heterocycles. The first-order valence-electron chi connectivity index (χ1n) is 10.8. The van der Waals surface area contributed by atoms with Gasteiger partial charge >= 0.3 is 0 Å². The highest BCUT2D eigenvalue weighted by atomic mass is 16.5. The zero-order valence-corrected chi connectivity index (χ0v) is 17.4. The molecule has 31 heavy (non-hydrogen) atoms. The standard InChI is InChI=1S/C26H26N2O3/c29-25(24-9-5-4-8-23(24)20-10-12-27-13-11-20)28-21-15-26(30,16-22(28)18-31-17-21)14-19-6-2-1-3-7-19/h1-13,21-22,30H,14-18H2/t21-,22+,26?.